The zero-order valence-corrected chi connectivity index (χ0v) is 12.5. The van der Waals surface area contributed by atoms with E-state index in [-0.39, 0.29) is 0 Å². The Morgan fingerprint density at radius 3 is 2.84 bits per heavy atom. The molecule has 2 atom stereocenters. The lowest BCUT2D eigenvalue weighted by atomic mass is 9.71. The van der Waals surface area contributed by atoms with Gasteiger partial charge in [0.2, 0.25) is 0 Å². The zero-order valence-electron chi connectivity index (χ0n) is 11.7. The molecule has 0 saturated carbocycles. The minimum Gasteiger partial charge on any atom is -0.398 e. The molecular formula is C15H20N2OS. The second kappa shape index (κ2) is 4.17. The molecule has 0 aromatic carbocycles. The van der Waals surface area contributed by atoms with E-state index in [0.717, 1.165) is 30.5 Å². The standard InChI is InChI=1S/C15H20N2OS/c1-15(2,3)10-4-5-13-9(6-10)7-11-12(16)8-19(18)14(11)17-13/h7-8,10H,4-6,16H2,1-3H3. The molecule has 2 unspecified atom stereocenters. The van der Waals surface area contributed by atoms with E-state index in [1.807, 2.05) is 0 Å². The normalized spacial score (nSPS) is 25.7. The van der Waals surface area contributed by atoms with E-state index in [1.165, 1.54) is 5.56 Å². The van der Waals surface area contributed by atoms with Crippen molar-refractivity contribution in [1.82, 2.24) is 4.98 Å². The Balaban J connectivity index is 2.01. The number of fused-ring (bicyclic) bond motifs is 2. The first-order valence-electron chi connectivity index (χ1n) is 6.77. The fraction of sp³-hybridized carbons (Fsp3) is 0.533. The minimum absolute atomic E-state index is 0.320. The summed E-state index contributed by atoms with van der Waals surface area (Å²) in [6, 6.07) is 2.12. The highest BCUT2D eigenvalue weighted by Crippen LogP contribution is 2.38. The molecule has 2 aliphatic rings. The quantitative estimate of drug-likeness (QED) is 0.792. The summed E-state index contributed by atoms with van der Waals surface area (Å²) in [6.07, 6.45) is 3.21. The number of nitrogens with two attached hydrogens (primary N) is 1. The van der Waals surface area contributed by atoms with Crippen LogP contribution in [0.4, 0.5) is 0 Å². The van der Waals surface area contributed by atoms with Crippen LogP contribution in [0, 0.1) is 11.3 Å². The Hall–Kier alpha value is -1.16. The van der Waals surface area contributed by atoms with Crippen LogP contribution in [0.5, 0.6) is 0 Å². The number of hydrogen-bond donors (Lipinski definition) is 1. The maximum Gasteiger partial charge on any atom is 0.141 e. The molecule has 19 heavy (non-hydrogen) atoms. The van der Waals surface area contributed by atoms with Gasteiger partial charge in [0.25, 0.3) is 0 Å². The van der Waals surface area contributed by atoms with E-state index >= 15 is 0 Å². The fourth-order valence-corrected chi connectivity index (χ4v) is 4.04. The van der Waals surface area contributed by atoms with Gasteiger partial charge in [-0.25, -0.2) is 9.19 Å². The predicted molar refractivity (Wildman–Crippen MR) is 77.8 cm³/mol. The summed E-state index contributed by atoms with van der Waals surface area (Å²) in [5, 5.41) is 2.26. The molecule has 102 valence electrons. The van der Waals surface area contributed by atoms with E-state index in [0.29, 0.717) is 22.1 Å². The molecule has 3 rings (SSSR count). The van der Waals surface area contributed by atoms with Crippen LogP contribution >= 0.6 is 0 Å². The molecule has 0 spiro atoms. The van der Waals surface area contributed by atoms with Crippen molar-refractivity contribution in [3.05, 3.63) is 28.3 Å². The van der Waals surface area contributed by atoms with Gasteiger partial charge >= 0.3 is 0 Å². The molecule has 2 heterocycles. The van der Waals surface area contributed by atoms with Crippen molar-refractivity contribution >= 4 is 16.5 Å². The molecular weight excluding hydrogens is 256 g/mol. The van der Waals surface area contributed by atoms with E-state index in [9.17, 15) is 4.21 Å². The molecule has 0 radical (unpaired) electrons. The van der Waals surface area contributed by atoms with Gasteiger partial charge in [-0.3, -0.25) is 0 Å². The number of rotatable bonds is 0. The lowest BCUT2D eigenvalue weighted by Crippen LogP contribution is -2.27. The van der Waals surface area contributed by atoms with E-state index in [4.69, 9.17) is 5.73 Å². The third-order valence-corrected chi connectivity index (χ3v) is 5.47. The van der Waals surface area contributed by atoms with Gasteiger partial charge in [-0.2, -0.15) is 0 Å². The second-order valence-corrected chi connectivity index (χ2v) is 7.84. The first kappa shape index (κ1) is 12.9. The van der Waals surface area contributed by atoms with Gasteiger partial charge in [-0.15, -0.1) is 0 Å². The molecule has 3 nitrogen and oxygen atoms in total. The molecule has 0 saturated heterocycles. The van der Waals surface area contributed by atoms with Crippen molar-refractivity contribution in [3.63, 3.8) is 0 Å². The first-order valence-corrected chi connectivity index (χ1v) is 7.98. The summed E-state index contributed by atoms with van der Waals surface area (Å²) < 4.78 is 11.9. The lowest BCUT2D eigenvalue weighted by molar-refractivity contribution is 0.214. The van der Waals surface area contributed by atoms with Gasteiger partial charge in [0.05, 0.1) is 16.5 Å². The van der Waals surface area contributed by atoms with Crippen molar-refractivity contribution in [2.45, 2.75) is 45.1 Å². The van der Waals surface area contributed by atoms with Crippen LogP contribution in [-0.2, 0) is 23.6 Å². The maximum absolute atomic E-state index is 11.9. The monoisotopic (exact) mass is 276 g/mol. The largest absolute Gasteiger partial charge is 0.398 e. The molecule has 1 aliphatic heterocycles. The molecule has 1 aromatic rings. The number of aryl methyl sites for hydroxylation is 1. The molecule has 1 aliphatic carbocycles. The first-order chi connectivity index (χ1) is 8.86. The highest BCUT2D eigenvalue weighted by molar-refractivity contribution is 7.88. The van der Waals surface area contributed by atoms with Crippen molar-refractivity contribution in [1.29, 1.82) is 0 Å². The minimum atomic E-state index is -1.15. The van der Waals surface area contributed by atoms with Gasteiger partial charge in [0, 0.05) is 16.7 Å². The van der Waals surface area contributed by atoms with E-state index in [1.54, 1.807) is 5.41 Å². The molecule has 2 N–H and O–H groups in total. The number of aromatic nitrogens is 1. The average molecular weight is 276 g/mol. The molecule has 0 fully saturated rings. The highest BCUT2D eigenvalue weighted by Gasteiger charge is 2.31. The fourth-order valence-electron chi connectivity index (χ4n) is 2.98. The summed E-state index contributed by atoms with van der Waals surface area (Å²) in [4.78, 5) is 4.61. The third kappa shape index (κ3) is 2.12. The van der Waals surface area contributed by atoms with Crippen LogP contribution in [0.2, 0.25) is 0 Å². The molecule has 1 aromatic heterocycles. The SMILES string of the molecule is CC(C)(C)C1CCc2nc3c(cc2C1)C(N)=CS3=O. The van der Waals surface area contributed by atoms with Gasteiger partial charge in [-0.1, -0.05) is 20.8 Å². The molecule has 4 heteroatoms. The summed E-state index contributed by atoms with van der Waals surface area (Å²) in [6.45, 7) is 6.90. The van der Waals surface area contributed by atoms with Gasteiger partial charge in [0.15, 0.2) is 0 Å². The maximum atomic E-state index is 11.9. The Kier molecular flexibility index (Phi) is 2.82. The Labute approximate surface area is 116 Å². The summed E-state index contributed by atoms with van der Waals surface area (Å²) >= 11 is 0. The number of pyridine rings is 1. The van der Waals surface area contributed by atoms with Gasteiger partial charge < -0.3 is 5.73 Å². The summed E-state index contributed by atoms with van der Waals surface area (Å²) in [7, 11) is -1.15. The summed E-state index contributed by atoms with van der Waals surface area (Å²) in [5.74, 6) is 0.678. The Morgan fingerprint density at radius 1 is 1.42 bits per heavy atom. The van der Waals surface area contributed by atoms with Crippen LogP contribution in [-0.4, -0.2) is 9.19 Å². The average Bonchev–Trinajstić information content (AvgIpc) is 2.60. The topological polar surface area (TPSA) is 56.0 Å². The van der Waals surface area contributed by atoms with Crippen LogP contribution in [0.3, 0.4) is 0 Å². The van der Waals surface area contributed by atoms with Crippen molar-refractivity contribution in [3.8, 4) is 0 Å². The predicted octanol–water partition coefficient (Wildman–Crippen LogP) is 2.61. The van der Waals surface area contributed by atoms with E-state index < -0.39 is 10.8 Å². The number of nitrogens with zero attached hydrogens (tertiary/aromatic N) is 1. The Morgan fingerprint density at radius 2 is 2.16 bits per heavy atom. The highest BCUT2D eigenvalue weighted by atomic mass is 32.2. The molecule has 0 bridgehead atoms. The van der Waals surface area contributed by atoms with Crippen LogP contribution in [0.15, 0.2) is 16.5 Å². The van der Waals surface area contributed by atoms with Crippen molar-refractivity contribution in [2.75, 3.05) is 0 Å². The van der Waals surface area contributed by atoms with Crippen molar-refractivity contribution < 1.29 is 4.21 Å². The van der Waals surface area contributed by atoms with Crippen LogP contribution < -0.4 is 5.73 Å². The van der Waals surface area contributed by atoms with Crippen molar-refractivity contribution in [2.24, 2.45) is 17.1 Å². The lowest BCUT2D eigenvalue weighted by Gasteiger charge is -2.34. The second-order valence-electron chi connectivity index (χ2n) is 6.62. The Bertz CT molecular complexity index is 599. The van der Waals surface area contributed by atoms with Gasteiger partial charge in [-0.05, 0) is 42.2 Å². The number of hydrogen-bond acceptors (Lipinski definition) is 3. The van der Waals surface area contributed by atoms with Crippen LogP contribution in [0.1, 0.15) is 44.0 Å². The summed E-state index contributed by atoms with van der Waals surface area (Å²) in [5.41, 5.74) is 10.1. The zero-order chi connectivity index (χ0) is 13.8. The van der Waals surface area contributed by atoms with Crippen LogP contribution in [0.25, 0.3) is 5.70 Å². The van der Waals surface area contributed by atoms with E-state index in [2.05, 4.69) is 31.8 Å². The van der Waals surface area contributed by atoms with Gasteiger partial charge in [0.1, 0.15) is 5.03 Å². The molecule has 0 amide bonds. The third-order valence-electron chi connectivity index (χ3n) is 4.31. The smallest absolute Gasteiger partial charge is 0.141 e.